The molecule has 0 aromatic heterocycles. The predicted octanol–water partition coefficient (Wildman–Crippen LogP) is 2.66. The lowest BCUT2D eigenvalue weighted by molar-refractivity contribution is -0.137. The zero-order valence-electron chi connectivity index (χ0n) is 9.35. The van der Waals surface area contributed by atoms with Crippen molar-refractivity contribution in [2.24, 2.45) is 5.92 Å². The Balaban J connectivity index is 2.14. The van der Waals surface area contributed by atoms with E-state index in [1.54, 1.807) is 7.11 Å². The molecule has 0 aliphatic heterocycles. The monoisotopic (exact) mass is 220 g/mol. The van der Waals surface area contributed by atoms with E-state index in [4.69, 9.17) is 9.84 Å². The Morgan fingerprint density at radius 1 is 1.44 bits per heavy atom. The average molecular weight is 220 g/mol. The average Bonchev–Trinajstić information content (AvgIpc) is 3.10. The zero-order valence-corrected chi connectivity index (χ0v) is 9.35. The Bertz CT molecular complexity index is 365. The molecule has 16 heavy (non-hydrogen) atoms. The number of ether oxygens (including phenoxy) is 1. The van der Waals surface area contributed by atoms with Gasteiger partial charge in [-0.15, -0.1) is 0 Å². The van der Waals surface area contributed by atoms with Gasteiger partial charge < -0.3 is 9.84 Å². The number of aliphatic carboxylic acids is 1. The van der Waals surface area contributed by atoms with E-state index in [0.29, 0.717) is 5.92 Å². The van der Waals surface area contributed by atoms with Crippen LogP contribution in [0.4, 0.5) is 0 Å². The van der Waals surface area contributed by atoms with Gasteiger partial charge in [-0.3, -0.25) is 4.79 Å². The van der Waals surface area contributed by atoms with Crippen LogP contribution in [0.25, 0.3) is 0 Å². The van der Waals surface area contributed by atoms with Gasteiger partial charge in [-0.2, -0.15) is 0 Å². The number of hydrogen-bond donors (Lipinski definition) is 1. The summed E-state index contributed by atoms with van der Waals surface area (Å²) in [4.78, 5) is 10.8. The van der Waals surface area contributed by atoms with Gasteiger partial charge in [-0.1, -0.05) is 12.1 Å². The second-order valence-electron chi connectivity index (χ2n) is 4.31. The summed E-state index contributed by atoms with van der Waals surface area (Å²) in [5.74, 6) is 0.828. The third kappa shape index (κ3) is 2.54. The fraction of sp³-hybridized carbons (Fsp3) is 0.462. The standard InChI is InChI=1S/C13H16O3/c1-16-11-6-4-10(5-7-11)12(8-13(14)15)9-2-3-9/h4-7,9,12H,2-3,8H2,1H3,(H,14,15). The van der Waals surface area contributed by atoms with Gasteiger partial charge in [0.1, 0.15) is 5.75 Å². The van der Waals surface area contributed by atoms with Crippen LogP contribution in [-0.4, -0.2) is 18.2 Å². The van der Waals surface area contributed by atoms with Crippen LogP contribution in [-0.2, 0) is 4.79 Å². The van der Waals surface area contributed by atoms with Crippen molar-refractivity contribution < 1.29 is 14.6 Å². The van der Waals surface area contributed by atoms with Crippen LogP contribution in [0.2, 0.25) is 0 Å². The highest BCUT2D eigenvalue weighted by molar-refractivity contribution is 5.68. The maximum absolute atomic E-state index is 10.8. The summed E-state index contributed by atoms with van der Waals surface area (Å²) in [6.07, 6.45) is 2.55. The molecule has 1 aromatic rings. The number of benzene rings is 1. The first-order valence-electron chi connectivity index (χ1n) is 5.56. The Morgan fingerprint density at radius 3 is 2.50 bits per heavy atom. The predicted molar refractivity (Wildman–Crippen MR) is 60.7 cm³/mol. The molecule has 1 unspecified atom stereocenters. The number of carbonyl (C=O) groups is 1. The minimum atomic E-state index is -0.715. The van der Waals surface area contributed by atoms with Gasteiger partial charge >= 0.3 is 5.97 Å². The van der Waals surface area contributed by atoms with E-state index in [9.17, 15) is 4.79 Å². The molecule has 0 heterocycles. The topological polar surface area (TPSA) is 46.5 Å². The summed E-state index contributed by atoms with van der Waals surface area (Å²) in [5, 5.41) is 8.90. The smallest absolute Gasteiger partial charge is 0.303 e. The Morgan fingerprint density at radius 2 is 2.06 bits per heavy atom. The fourth-order valence-electron chi connectivity index (χ4n) is 2.09. The van der Waals surface area contributed by atoms with E-state index >= 15 is 0 Å². The lowest BCUT2D eigenvalue weighted by Crippen LogP contribution is -2.08. The first-order chi connectivity index (χ1) is 7.70. The first kappa shape index (κ1) is 11.0. The number of methoxy groups -OCH3 is 1. The lowest BCUT2D eigenvalue weighted by atomic mass is 9.91. The second-order valence-corrected chi connectivity index (χ2v) is 4.31. The Kier molecular flexibility index (Phi) is 3.13. The van der Waals surface area contributed by atoms with Gasteiger partial charge in [0.15, 0.2) is 0 Å². The highest BCUT2D eigenvalue weighted by Gasteiger charge is 2.33. The molecule has 0 bridgehead atoms. The van der Waals surface area contributed by atoms with Gasteiger partial charge in [-0.25, -0.2) is 0 Å². The molecule has 2 rings (SSSR count). The third-order valence-electron chi connectivity index (χ3n) is 3.13. The molecule has 1 N–H and O–H groups in total. The molecule has 1 aliphatic rings. The van der Waals surface area contributed by atoms with Crippen LogP contribution in [0.1, 0.15) is 30.7 Å². The summed E-state index contributed by atoms with van der Waals surface area (Å²) in [6, 6.07) is 7.74. The maximum atomic E-state index is 10.8. The molecule has 1 saturated carbocycles. The first-order valence-corrected chi connectivity index (χ1v) is 5.56. The molecule has 1 atom stereocenters. The van der Waals surface area contributed by atoms with Crippen molar-refractivity contribution >= 4 is 5.97 Å². The molecule has 1 aromatic carbocycles. The van der Waals surface area contributed by atoms with Crippen molar-refractivity contribution in [2.45, 2.75) is 25.2 Å². The van der Waals surface area contributed by atoms with E-state index < -0.39 is 5.97 Å². The molecular weight excluding hydrogens is 204 g/mol. The van der Waals surface area contributed by atoms with E-state index in [1.165, 1.54) is 0 Å². The minimum Gasteiger partial charge on any atom is -0.497 e. The number of hydrogen-bond acceptors (Lipinski definition) is 2. The molecule has 3 heteroatoms. The quantitative estimate of drug-likeness (QED) is 0.829. The molecule has 86 valence electrons. The normalized spacial score (nSPS) is 16.8. The van der Waals surface area contributed by atoms with E-state index in [0.717, 1.165) is 24.2 Å². The fourth-order valence-corrected chi connectivity index (χ4v) is 2.09. The molecule has 0 spiro atoms. The van der Waals surface area contributed by atoms with Gasteiger partial charge in [0.2, 0.25) is 0 Å². The van der Waals surface area contributed by atoms with Crippen molar-refractivity contribution in [3.63, 3.8) is 0 Å². The number of rotatable bonds is 5. The second kappa shape index (κ2) is 4.56. The highest BCUT2D eigenvalue weighted by atomic mass is 16.5. The van der Waals surface area contributed by atoms with Crippen molar-refractivity contribution in [1.29, 1.82) is 0 Å². The van der Waals surface area contributed by atoms with Crippen LogP contribution < -0.4 is 4.74 Å². The summed E-state index contributed by atoms with van der Waals surface area (Å²) >= 11 is 0. The molecule has 1 aliphatic carbocycles. The zero-order chi connectivity index (χ0) is 11.5. The Hall–Kier alpha value is -1.51. The molecule has 0 amide bonds. The van der Waals surface area contributed by atoms with E-state index in [-0.39, 0.29) is 12.3 Å². The summed E-state index contributed by atoms with van der Waals surface area (Å²) in [6.45, 7) is 0. The summed E-state index contributed by atoms with van der Waals surface area (Å²) in [5.41, 5.74) is 1.12. The maximum Gasteiger partial charge on any atom is 0.303 e. The molecule has 1 fully saturated rings. The summed E-state index contributed by atoms with van der Waals surface area (Å²) in [7, 11) is 1.63. The molecular formula is C13H16O3. The molecule has 0 saturated heterocycles. The van der Waals surface area contributed by atoms with E-state index in [1.807, 2.05) is 24.3 Å². The van der Waals surface area contributed by atoms with Crippen molar-refractivity contribution in [1.82, 2.24) is 0 Å². The van der Waals surface area contributed by atoms with Crippen molar-refractivity contribution in [2.75, 3.05) is 7.11 Å². The molecule has 0 radical (unpaired) electrons. The van der Waals surface area contributed by atoms with Crippen molar-refractivity contribution in [3.8, 4) is 5.75 Å². The van der Waals surface area contributed by atoms with Gasteiger partial charge in [-0.05, 0) is 42.4 Å². The van der Waals surface area contributed by atoms with Crippen molar-refractivity contribution in [3.05, 3.63) is 29.8 Å². The SMILES string of the molecule is COc1ccc(C(CC(=O)O)C2CC2)cc1. The number of carboxylic acids is 1. The van der Waals surface area contributed by atoms with Crippen LogP contribution in [0, 0.1) is 5.92 Å². The van der Waals surface area contributed by atoms with Crippen LogP contribution >= 0.6 is 0 Å². The lowest BCUT2D eigenvalue weighted by Gasteiger charge is -2.14. The van der Waals surface area contributed by atoms with Gasteiger partial charge in [0.25, 0.3) is 0 Å². The Labute approximate surface area is 95.0 Å². The highest BCUT2D eigenvalue weighted by Crippen LogP contribution is 2.44. The summed E-state index contributed by atoms with van der Waals surface area (Å²) < 4.78 is 5.09. The van der Waals surface area contributed by atoms with Crippen LogP contribution in [0.5, 0.6) is 5.75 Å². The van der Waals surface area contributed by atoms with Gasteiger partial charge in [0.05, 0.1) is 13.5 Å². The van der Waals surface area contributed by atoms with Crippen LogP contribution in [0.15, 0.2) is 24.3 Å². The molecule has 3 nitrogen and oxygen atoms in total. The number of carboxylic acid groups (broad SMARTS) is 1. The van der Waals surface area contributed by atoms with E-state index in [2.05, 4.69) is 0 Å². The van der Waals surface area contributed by atoms with Crippen LogP contribution in [0.3, 0.4) is 0 Å². The third-order valence-corrected chi connectivity index (χ3v) is 3.13. The minimum absolute atomic E-state index is 0.170. The van der Waals surface area contributed by atoms with Gasteiger partial charge in [0, 0.05) is 0 Å². The largest absolute Gasteiger partial charge is 0.497 e.